The number of sulfone groups is 1. The van der Waals surface area contributed by atoms with Crippen LogP contribution >= 0.6 is 0 Å². The Morgan fingerprint density at radius 3 is 2.14 bits per heavy atom. The van der Waals surface area contributed by atoms with Crippen LogP contribution in [-0.2, 0) is 33.6 Å². The lowest BCUT2D eigenvalue weighted by molar-refractivity contribution is -0.138. The van der Waals surface area contributed by atoms with Crippen LogP contribution in [0.15, 0.2) is 28.8 Å². The van der Waals surface area contributed by atoms with E-state index < -0.39 is 27.7 Å². The van der Waals surface area contributed by atoms with Crippen LogP contribution in [0.3, 0.4) is 0 Å². The predicted octanol–water partition coefficient (Wildman–Crippen LogP) is 0.917. The highest BCUT2D eigenvalue weighted by atomic mass is 32.2. The van der Waals surface area contributed by atoms with Crippen molar-refractivity contribution in [3.8, 4) is 5.75 Å². The fourth-order valence-electron chi connectivity index (χ4n) is 2.09. The number of anilines is 1. The topological polar surface area (TPSA) is 134 Å². The number of benzene rings is 1. The molecule has 0 atom stereocenters. The Labute approximate surface area is 162 Å². The second-order valence-electron chi connectivity index (χ2n) is 5.14. The number of ether oxygens (including phenoxy) is 4. The van der Waals surface area contributed by atoms with Gasteiger partial charge in [0.15, 0.2) is 9.84 Å². The zero-order chi connectivity index (χ0) is 21.5. The zero-order valence-electron chi connectivity index (χ0n) is 16.0. The van der Waals surface area contributed by atoms with E-state index in [0.29, 0.717) is 0 Å². The van der Waals surface area contributed by atoms with Crippen LogP contribution in [0.4, 0.5) is 5.69 Å². The van der Waals surface area contributed by atoms with Crippen LogP contribution in [0.1, 0.15) is 17.3 Å². The lowest BCUT2D eigenvalue weighted by Crippen LogP contribution is -2.18. The second kappa shape index (κ2) is 9.74. The molecule has 0 aliphatic carbocycles. The molecule has 154 valence electrons. The van der Waals surface area contributed by atoms with Crippen molar-refractivity contribution in [2.75, 3.05) is 39.5 Å². The molecule has 0 unspecified atom stereocenters. The van der Waals surface area contributed by atoms with Gasteiger partial charge in [-0.05, 0) is 6.07 Å². The summed E-state index contributed by atoms with van der Waals surface area (Å²) in [7, 11) is 0.742. The maximum atomic E-state index is 12.5. The van der Waals surface area contributed by atoms with Crippen molar-refractivity contribution in [2.24, 2.45) is 0 Å². The van der Waals surface area contributed by atoms with Gasteiger partial charge in [-0.15, -0.1) is 0 Å². The number of hydrogen-bond donors (Lipinski definition) is 1. The summed E-state index contributed by atoms with van der Waals surface area (Å²) in [4.78, 5) is 35.2. The van der Waals surface area contributed by atoms with E-state index in [2.05, 4.69) is 19.5 Å². The molecule has 0 radical (unpaired) electrons. The van der Waals surface area contributed by atoms with Gasteiger partial charge in [-0.3, -0.25) is 0 Å². The van der Waals surface area contributed by atoms with E-state index in [1.54, 1.807) is 0 Å². The SMILES string of the molecule is CCS(=O)(=O)c1cc(C(=O)OC)c(OC)cc1N/C(=C/C(=O)OC)C(=O)OC. The predicted molar refractivity (Wildman–Crippen MR) is 97.8 cm³/mol. The minimum atomic E-state index is -3.85. The van der Waals surface area contributed by atoms with Gasteiger partial charge >= 0.3 is 17.9 Å². The fourth-order valence-corrected chi connectivity index (χ4v) is 3.14. The van der Waals surface area contributed by atoms with Crippen molar-refractivity contribution in [3.63, 3.8) is 0 Å². The molecule has 1 N–H and O–H groups in total. The number of rotatable bonds is 8. The Hall–Kier alpha value is -3.08. The van der Waals surface area contributed by atoms with E-state index in [0.717, 1.165) is 33.5 Å². The van der Waals surface area contributed by atoms with Crippen LogP contribution < -0.4 is 10.1 Å². The number of esters is 3. The van der Waals surface area contributed by atoms with Crippen molar-refractivity contribution in [3.05, 3.63) is 29.5 Å². The molecule has 0 fully saturated rings. The van der Waals surface area contributed by atoms with Crippen LogP contribution in [0.5, 0.6) is 5.75 Å². The Morgan fingerprint density at radius 1 is 1.04 bits per heavy atom. The van der Waals surface area contributed by atoms with Gasteiger partial charge < -0.3 is 24.3 Å². The number of hydrogen-bond acceptors (Lipinski definition) is 10. The molecule has 0 aliphatic rings. The van der Waals surface area contributed by atoms with Crippen molar-refractivity contribution >= 4 is 33.4 Å². The van der Waals surface area contributed by atoms with Crippen LogP contribution in [-0.4, -0.2) is 60.5 Å². The van der Waals surface area contributed by atoms with E-state index in [1.165, 1.54) is 20.1 Å². The lowest BCUT2D eigenvalue weighted by atomic mass is 10.1. The molecule has 1 aromatic rings. The van der Waals surface area contributed by atoms with E-state index in [9.17, 15) is 22.8 Å². The van der Waals surface area contributed by atoms with Crippen LogP contribution in [0.25, 0.3) is 0 Å². The normalized spacial score (nSPS) is 11.4. The monoisotopic (exact) mass is 415 g/mol. The molecule has 0 spiro atoms. The third kappa shape index (κ3) is 5.22. The molecular weight excluding hydrogens is 394 g/mol. The average molecular weight is 415 g/mol. The van der Waals surface area contributed by atoms with Gasteiger partial charge in [-0.25, -0.2) is 22.8 Å². The van der Waals surface area contributed by atoms with Crippen LogP contribution in [0.2, 0.25) is 0 Å². The maximum Gasteiger partial charge on any atom is 0.354 e. The van der Waals surface area contributed by atoms with Gasteiger partial charge in [0, 0.05) is 6.07 Å². The van der Waals surface area contributed by atoms with E-state index >= 15 is 0 Å². The summed E-state index contributed by atoms with van der Waals surface area (Å²) in [6.07, 6.45) is 0.800. The molecule has 1 rings (SSSR count). The number of carbonyl (C=O) groups is 3. The first-order valence-electron chi connectivity index (χ1n) is 7.83. The van der Waals surface area contributed by atoms with Crippen molar-refractivity contribution in [1.29, 1.82) is 0 Å². The molecule has 0 bridgehead atoms. The van der Waals surface area contributed by atoms with E-state index in [1.807, 2.05) is 0 Å². The largest absolute Gasteiger partial charge is 0.496 e. The molecule has 28 heavy (non-hydrogen) atoms. The highest BCUT2D eigenvalue weighted by Gasteiger charge is 2.25. The van der Waals surface area contributed by atoms with Crippen molar-refractivity contribution in [1.82, 2.24) is 0 Å². The molecule has 0 amide bonds. The number of methoxy groups -OCH3 is 4. The van der Waals surface area contributed by atoms with E-state index in [4.69, 9.17) is 4.74 Å². The third-order valence-electron chi connectivity index (χ3n) is 3.56. The molecule has 0 aromatic heterocycles. The summed E-state index contributed by atoms with van der Waals surface area (Å²) < 4.78 is 43.9. The molecule has 0 aliphatic heterocycles. The smallest absolute Gasteiger partial charge is 0.354 e. The zero-order valence-corrected chi connectivity index (χ0v) is 16.8. The van der Waals surface area contributed by atoms with Gasteiger partial charge in [0.25, 0.3) is 0 Å². The molecule has 0 saturated heterocycles. The van der Waals surface area contributed by atoms with Crippen LogP contribution in [0, 0.1) is 0 Å². The first kappa shape index (κ1) is 23.0. The van der Waals surface area contributed by atoms with Crippen molar-refractivity contribution < 1.29 is 41.7 Å². The van der Waals surface area contributed by atoms with Gasteiger partial charge in [0.2, 0.25) is 0 Å². The Morgan fingerprint density at radius 2 is 1.68 bits per heavy atom. The van der Waals surface area contributed by atoms with Gasteiger partial charge in [0.1, 0.15) is 17.0 Å². The standard InChI is InChI=1S/C17H21NO9S/c1-6-28(22,23)14-7-10(16(20)26-4)13(24-2)8-11(14)18-12(17(21)27-5)9-15(19)25-3/h7-9,18H,6H2,1-5H3/b12-9+. The van der Waals surface area contributed by atoms with Crippen molar-refractivity contribution in [2.45, 2.75) is 11.8 Å². The van der Waals surface area contributed by atoms with Gasteiger partial charge in [-0.2, -0.15) is 0 Å². The fraction of sp³-hybridized carbons (Fsp3) is 0.353. The first-order valence-corrected chi connectivity index (χ1v) is 9.48. The summed E-state index contributed by atoms with van der Waals surface area (Å²) >= 11 is 0. The van der Waals surface area contributed by atoms with Gasteiger partial charge in [0.05, 0.1) is 50.9 Å². The minimum Gasteiger partial charge on any atom is -0.496 e. The summed E-state index contributed by atoms with van der Waals surface area (Å²) in [6.45, 7) is 1.41. The first-order chi connectivity index (χ1) is 13.1. The Balaban J connectivity index is 3.71. The molecule has 10 nitrogen and oxygen atoms in total. The van der Waals surface area contributed by atoms with E-state index in [-0.39, 0.29) is 33.3 Å². The highest BCUT2D eigenvalue weighted by molar-refractivity contribution is 7.91. The molecule has 0 heterocycles. The summed E-state index contributed by atoms with van der Waals surface area (Å²) in [5, 5.41) is 2.54. The lowest BCUT2D eigenvalue weighted by Gasteiger charge is -2.16. The highest BCUT2D eigenvalue weighted by Crippen LogP contribution is 2.32. The summed E-state index contributed by atoms with van der Waals surface area (Å²) in [5.74, 6) is -2.92. The molecule has 11 heteroatoms. The summed E-state index contributed by atoms with van der Waals surface area (Å²) in [6, 6.07) is 2.27. The quantitative estimate of drug-likeness (QED) is 0.371. The second-order valence-corrected chi connectivity index (χ2v) is 7.39. The minimum absolute atomic E-state index is 0.00770. The maximum absolute atomic E-state index is 12.5. The molecule has 0 saturated carbocycles. The average Bonchev–Trinajstić information content (AvgIpc) is 2.71. The number of nitrogens with one attached hydrogen (secondary N) is 1. The summed E-state index contributed by atoms with van der Waals surface area (Å²) in [5.41, 5.74) is -0.610. The molecule has 1 aromatic carbocycles. The Bertz CT molecular complexity index is 903. The van der Waals surface area contributed by atoms with Gasteiger partial charge in [-0.1, -0.05) is 6.92 Å². The molecular formula is C17H21NO9S. The number of carbonyl (C=O) groups excluding carboxylic acids is 3. The third-order valence-corrected chi connectivity index (χ3v) is 5.33. The Kier molecular flexibility index (Phi) is 7.99.